The van der Waals surface area contributed by atoms with E-state index in [1.54, 1.807) is 12.4 Å². The van der Waals surface area contributed by atoms with Crippen LogP contribution >= 0.6 is 11.8 Å². The molecule has 0 aliphatic heterocycles. The minimum atomic E-state index is -0.116. The van der Waals surface area contributed by atoms with Gasteiger partial charge in [0, 0.05) is 0 Å². The normalized spacial score (nSPS) is 11.2. The van der Waals surface area contributed by atoms with E-state index in [0.29, 0.717) is 17.0 Å². The maximum atomic E-state index is 12.3. The van der Waals surface area contributed by atoms with E-state index in [9.17, 15) is 4.79 Å². The topological polar surface area (TPSA) is 76.5 Å². The summed E-state index contributed by atoms with van der Waals surface area (Å²) >= 11 is 1.49. The predicted octanol–water partition coefficient (Wildman–Crippen LogP) is 3.41. The Morgan fingerprint density at radius 1 is 1.08 bits per heavy atom. The smallest absolute Gasteiger partial charge is 0.258 e. The number of para-hydroxylation sites is 2. The van der Waals surface area contributed by atoms with E-state index < -0.39 is 0 Å². The van der Waals surface area contributed by atoms with Crippen LogP contribution in [0, 0.1) is 13.8 Å². The Bertz CT molecular complexity index is 1150. The second-order valence-corrected chi connectivity index (χ2v) is 6.98. The van der Waals surface area contributed by atoms with Crippen molar-refractivity contribution in [2.45, 2.75) is 24.8 Å². The highest BCUT2D eigenvalue weighted by molar-refractivity contribution is 7.98. The molecule has 0 radical (unpaired) electrons. The molecule has 0 atom stereocenters. The van der Waals surface area contributed by atoms with Crippen LogP contribution in [0.3, 0.4) is 0 Å². The molecule has 0 saturated carbocycles. The predicted molar refractivity (Wildman–Crippen MR) is 103 cm³/mol. The van der Waals surface area contributed by atoms with Crippen LogP contribution in [0.5, 0.6) is 0 Å². The Hall–Kier alpha value is -2.93. The van der Waals surface area contributed by atoms with Gasteiger partial charge >= 0.3 is 0 Å². The number of nitrogens with one attached hydrogen (secondary N) is 1. The average Bonchev–Trinajstić information content (AvgIpc) is 3.10. The minimum absolute atomic E-state index is 0.116. The summed E-state index contributed by atoms with van der Waals surface area (Å²) in [5.74, 6) is 1.13. The van der Waals surface area contributed by atoms with Gasteiger partial charge in [-0.1, -0.05) is 42.1 Å². The van der Waals surface area contributed by atoms with Gasteiger partial charge in [0.05, 0.1) is 22.3 Å². The molecule has 0 spiro atoms. The van der Waals surface area contributed by atoms with Crippen LogP contribution in [0.1, 0.15) is 17.0 Å². The fraction of sp³-hybridized carbons (Fsp3) is 0.158. The monoisotopic (exact) mass is 363 g/mol. The number of hydrogen-bond acceptors (Lipinski definition) is 5. The van der Waals surface area contributed by atoms with Crippen LogP contribution in [0.25, 0.3) is 16.6 Å². The van der Waals surface area contributed by atoms with Gasteiger partial charge < -0.3 is 4.98 Å². The number of rotatable bonds is 4. The molecule has 0 unspecified atom stereocenters. The lowest BCUT2D eigenvalue weighted by Gasteiger charge is -2.09. The zero-order chi connectivity index (χ0) is 18.1. The number of hydrogen-bond donors (Lipinski definition) is 1. The van der Waals surface area contributed by atoms with Crippen molar-refractivity contribution < 1.29 is 0 Å². The number of aromatic amines is 1. The van der Waals surface area contributed by atoms with E-state index in [2.05, 4.69) is 33.2 Å². The molecule has 0 fully saturated rings. The first kappa shape index (κ1) is 16.5. The molecule has 0 aliphatic carbocycles. The molecule has 130 valence electrons. The first-order chi connectivity index (χ1) is 12.6. The Balaban J connectivity index is 1.64. The molecule has 6 nitrogen and oxygen atoms in total. The third-order valence-corrected chi connectivity index (χ3v) is 5.17. The van der Waals surface area contributed by atoms with E-state index in [0.717, 1.165) is 27.5 Å². The molecule has 7 heteroatoms. The first-order valence-electron chi connectivity index (χ1n) is 8.21. The van der Waals surface area contributed by atoms with Gasteiger partial charge in [0.1, 0.15) is 12.2 Å². The fourth-order valence-corrected chi connectivity index (χ4v) is 3.67. The summed E-state index contributed by atoms with van der Waals surface area (Å²) in [6.07, 6.45) is 1.70. The summed E-state index contributed by atoms with van der Waals surface area (Å²) in [7, 11) is 0. The van der Waals surface area contributed by atoms with E-state index in [-0.39, 0.29) is 5.56 Å². The third-order valence-electron chi connectivity index (χ3n) is 4.22. The number of benzene rings is 2. The number of thioether (sulfide) groups is 1. The lowest BCUT2D eigenvalue weighted by molar-refractivity contribution is 0.875. The highest BCUT2D eigenvalue weighted by Gasteiger charge is 2.11. The fourth-order valence-electron chi connectivity index (χ4n) is 2.87. The molecular weight excluding hydrogens is 346 g/mol. The lowest BCUT2D eigenvalue weighted by atomic mass is 10.1. The lowest BCUT2D eigenvalue weighted by Crippen LogP contribution is -2.12. The van der Waals surface area contributed by atoms with Crippen molar-refractivity contribution in [3.63, 3.8) is 0 Å². The van der Waals surface area contributed by atoms with Crippen LogP contribution in [0.15, 0.2) is 58.7 Å². The third kappa shape index (κ3) is 3.01. The summed E-state index contributed by atoms with van der Waals surface area (Å²) < 4.78 is 1.95. The van der Waals surface area contributed by atoms with Crippen LogP contribution in [-0.4, -0.2) is 24.7 Å². The molecule has 2 heterocycles. The minimum Gasteiger partial charge on any atom is -0.309 e. The van der Waals surface area contributed by atoms with Crippen molar-refractivity contribution in [2.24, 2.45) is 0 Å². The Kier molecular flexibility index (Phi) is 4.30. The molecule has 4 rings (SSSR count). The second kappa shape index (κ2) is 6.76. The molecule has 0 amide bonds. The Morgan fingerprint density at radius 2 is 1.88 bits per heavy atom. The highest BCUT2D eigenvalue weighted by Crippen LogP contribution is 2.24. The van der Waals surface area contributed by atoms with E-state index in [1.165, 1.54) is 11.8 Å². The van der Waals surface area contributed by atoms with Gasteiger partial charge in [-0.05, 0) is 37.1 Å². The van der Waals surface area contributed by atoms with Crippen LogP contribution in [0.4, 0.5) is 0 Å². The molecule has 2 aromatic heterocycles. The average molecular weight is 363 g/mol. The molecule has 2 aromatic carbocycles. The molecule has 0 aliphatic rings. The van der Waals surface area contributed by atoms with Gasteiger partial charge in [0.15, 0.2) is 5.16 Å². The van der Waals surface area contributed by atoms with Crippen molar-refractivity contribution in [2.75, 3.05) is 0 Å². The summed E-state index contributed by atoms with van der Waals surface area (Å²) in [4.78, 5) is 19.8. The van der Waals surface area contributed by atoms with Gasteiger partial charge in [-0.3, -0.25) is 9.36 Å². The molecule has 0 bridgehead atoms. The zero-order valence-corrected chi connectivity index (χ0v) is 15.2. The second-order valence-electron chi connectivity index (χ2n) is 6.04. The van der Waals surface area contributed by atoms with Gasteiger partial charge in [0.2, 0.25) is 0 Å². The molecule has 1 N–H and O–H groups in total. The van der Waals surface area contributed by atoms with E-state index >= 15 is 0 Å². The Morgan fingerprint density at radius 3 is 2.73 bits per heavy atom. The van der Waals surface area contributed by atoms with E-state index in [4.69, 9.17) is 0 Å². The number of fused-ring (bicyclic) bond motifs is 1. The van der Waals surface area contributed by atoms with Crippen LogP contribution in [0.2, 0.25) is 0 Å². The SMILES string of the molecule is Cc1ccccc1-n1cnnc1SCc1nc2c(C)cccc2c(=O)[nH]1. The van der Waals surface area contributed by atoms with E-state index in [1.807, 2.05) is 41.8 Å². The summed E-state index contributed by atoms with van der Waals surface area (Å²) in [6.45, 7) is 4.01. The van der Waals surface area contributed by atoms with Crippen molar-refractivity contribution >= 4 is 22.7 Å². The quantitative estimate of drug-likeness (QED) is 0.562. The standard InChI is InChI=1S/C19H17N5OS/c1-12-6-3-4-9-15(12)24-11-20-23-19(24)26-10-16-21-17-13(2)7-5-8-14(17)18(25)22-16/h3-9,11H,10H2,1-2H3,(H,21,22,25). The molecular formula is C19H17N5OS. The first-order valence-corrected chi connectivity index (χ1v) is 9.19. The van der Waals surface area contributed by atoms with Crippen LogP contribution < -0.4 is 5.56 Å². The van der Waals surface area contributed by atoms with Gasteiger partial charge in [-0.25, -0.2) is 4.98 Å². The van der Waals surface area contributed by atoms with Crippen molar-refractivity contribution in [1.82, 2.24) is 24.7 Å². The largest absolute Gasteiger partial charge is 0.309 e. The molecule has 4 aromatic rings. The molecule has 0 saturated heterocycles. The van der Waals surface area contributed by atoms with Gasteiger partial charge in [-0.15, -0.1) is 10.2 Å². The van der Waals surface area contributed by atoms with Gasteiger partial charge in [0.25, 0.3) is 5.56 Å². The van der Waals surface area contributed by atoms with Gasteiger partial charge in [-0.2, -0.15) is 0 Å². The zero-order valence-electron chi connectivity index (χ0n) is 14.4. The number of aromatic nitrogens is 5. The number of H-pyrrole nitrogens is 1. The Labute approximate surface area is 154 Å². The summed E-state index contributed by atoms with van der Waals surface area (Å²) in [5, 5.41) is 9.61. The highest BCUT2D eigenvalue weighted by atomic mass is 32.2. The number of aryl methyl sites for hydroxylation is 2. The maximum Gasteiger partial charge on any atom is 0.258 e. The summed E-state index contributed by atoms with van der Waals surface area (Å²) in [5.41, 5.74) is 3.79. The maximum absolute atomic E-state index is 12.3. The van der Waals surface area contributed by atoms with Crippen LogP contribution in [-0.2, 0) is 5.75 Å². The summed E-state index contributed by atoms with van der Waals surface area (Å²) in [6, 6.07) is 13.7. The van der Waals surface area contributed by atoms with Crippen molar-refractivity contribution in [3.8, 4) is 5.69 Å². The van der Waals surface area contributed by atoms with Crippen molar-refractivity contribution in [3.05, 3.63) is 76.1 Å². The number of nitrogens with zero attached hydrogens (tertiary/aromatic N) is 4. The molecule has 26 heavy (non-hydrogen) atoms. The van der Waals surface area contributed by atoms with Crippen molar-refractivity contribution in [1.29, 1.82) is 0 Å².